The second-order valence-corrected chi connectivity index (χ2v) is 5.89. The second-order valence-electron chi connectivity index (χ2n) is 5.62. The normalized spacial score (nSPS) is 13.1. The highest BCUT2D eigenvalue weighted by Gasteiger charge is 2.20. The van der Waals surface area contributed by atoms with Gasteiger partial charge < -0.3 is 20.3 Å². The molecule has 2 aromatic carbocycles. The molecule has 0 aromatic heterocycles. The highest BCUT2D eigenvalue weighted by molar-refractivity contribution is 6.17. The van der Waals surface area contributed by atoms with Crippen molar-refractivity contribution in [1.29, 1.82) is 0 Å². The number of carbonyl (C=O) groups excluding carboxylic acids is 1. The summed E-state index contributed by atoms with van der Waals surface area (Å²) in [4.78, 5) is 11.6. The SMILES string of the molecule is O=C(NCCC(O)C(O)c1ccccc1CCl)OCc1ccccc1. The average Bonchev–Trinajstić information content (AvgIpc) is 2.66. The number of halogens is 1. The Morgan fingerprint density at radius 3 is 2.48 bits per heavy atom. The number of ether oxygens (including phenoxy) is 1. The smallest absolute Gasteiger partial charge is 0.407 e. The first kappa shape index (κ1) is 19.2. The molecule has 0 saturated heterocycles. The van der Waals surface area contributed by atoms with Crippen molar-refractivity contribution in [3.05, 3.63) is 71.3 Å². The number of alkyl carbamates (subject to hydrolysis) is 1. The van der Waals surface area contributed by atoms with E-state index in [1.165, 1.54) is 0 Å². The topological polar surface area (TPSA) is 78.8 Å². The molecule has 3 N–H and O–H groups in total. The van der Waals surface area contributed by atoms with Crippen LogP contribution >= 0.6 is 11.6 Å². The van der Waals surface area contributed by atoms with Gasteiger partial charge in [0.15, 0.2) is 0 Å². The third-order valence-corrected chi connectivity index (χ3v) is 4.09. The van der Waals surface area contributed by atoms with Gasteiger partial charge in [0.05, 0.1) is 6.10 Å². The summed E-state index contributed by atoms with van der Waals surface area (Å²) in [6, 6.07) is 16.5. The van der Waals surface area contributed by atoms with E-state index in [-0.39, 0.29) is 25.5 Å². The van der Waals surface area contributed by atoms with Crippen molar-refractivity contribution in [2.75, 3.05) is 6.54 Å². The van der Waals surface area contributed by atoms with Gasteiger partial charge in [-0.15, -0.1) is 11.6 Å². The Kier molecular flexibility index (Phi) is 7.73. The summed E-state index contributed by atoms with van der Waals surface area (Å²) in [6.07, 6.45) is -2.44. The first-order valence-electron chi connectivity index (χ1n) is 8.06. The molecule has 2 unspecified atom stereocenters. The molecule has 0 spiro atoms. The van der Waals surface area contributed by atoms with E-state index in [2.05, 4.69) is 5.32 Å². The van der Waals surface area contributed by atoms with Crippen LogP contribution in [0.2, 0.25) is 0 Å². The molecule has 0 aliphatic carbocycles. The first-order valence-corrected chi connectivity index (χ1v) is 8.59. The monoisotopic (exact) mass is 363 g/mol. The summed E-state index contributed by atoms with van der Waals surface area (Å²) in [6.45, 7) is 0.371. The summed E-state index contributed by atoms with van der Waals surface area (Å²) in [5.74, 6) is 0.254. The van der Waals surface area contributed by atoms with Gasteiger partial charge in [-0.05, 0) is 23.1 Å². The van der Waals surface area contributed by atoms with E-state index in [0.717, 1.165) is 11.1 Å². The lowest BCUT2D eigenvalue weighted by molar-refractivity contribution is 0.0132. The van der Waals surface area contributed by atoms with Crippen molar-refractivity contribution in [1.82, 2.24) is 5.32 Å². The predicted octanol–water partition coefficient (Wildman–Crippen LogP) is 3.14. The standard InChI is InChI=1S/C19H22ClNO4/c20-12-15-8-4-5-9-16(15)18(23)17(22)10-11-21-19(24)25-13-14-6-2-1-3-7-14/h1-9,17-18,22-23H,10-13H2,(H,21,24). The number of hydrogen-bond acceptors (Lipinski definition) is 4. The molecule has 0 bridgehead atoms. The molecular weight excluding hydrogens is 342 g/mol. The van der Waals surface area contributed by atoms with Crippen LogP contribution in [-0.2, 0) is 17.2 Å². The number of aliphatic hydroxyl groups excluding tert-OH is 2. The largest absolute Gasteiger partial charge is 0.445 e. The van der Waals surface area contributed by atoms with Gasteiger partial charge in [0.1, 0.15) is 12.7 Å². The van der Waals surface area contributed by atoms with Gasteiger partial charge in [-0.3, -0.25) is 0 Å². The lowest BCUT2D eigenvalue weighted by atomic mass is 9.98. The molecule has 0 radical (unpaired) electrons. The van der Waals surface area contributed by atoms with Gasteiger partial charge in [-0.25, -0.2) is 4.79 Å². The molecule has 0 heterocycles. The lowest BCUT2D eigenvalue weighted by Crippen LogP contribution is -2.30. The van der Waals surface area contributed by atoms with Crippen LogP contribution in [-0.4, -0.2) is 29.0 Å². The van der Waals surface area contributed by atoms with Crippen molar-refractivity contribution >= 4 is 17.7 Å². The minimum atomic E-state index is -1.06. The number of carbonyl (C=O) groups is 1. The van der Waals surface area contributed by atoms with Gasteiger partial charge in [-0.1, -0.05) is 54.6 Å². The Morgan fingerprint density at radius 2 is 1.76 bits per heavy atom. The van der Waals surface area contributed by atoms with Crippen LogP contribution in [0.4, 0.5) is 4.79 Å². The quantitative estimate of drug-likeness (QED) is 0.629. The molecule has 0 aliphatic heterocycles. The Balaban J connectivity index is 1.74. The first-order chi connectivity index (χ1) is 12.1. The molecule has 1 amide bonds. The fourth-order valence-corrected chi connectivity index (χ4v) is 2.65. The third-order valence-electron chi connectivity index (χ3n) is 3.80. The van der Waals surface area contributed by atoms with E-state index in [1.807, 2.05) is 36.4 Å². The Bertz CT molecular complexity index is 665. The fraction of sp³-hybridized carbons (Fsp3) is 0.316. The van der Waals surface area contributed by atoms with E-state index in [1.54, 1.807) is 18.2 Å². The average molecular weight is 364 g/mol. The van der Waals surface area contributed by atoms with E-state index in [9.17, 15) is 15.0 Å². The lowest BCUT2D eigenvalue weighted by Gasteiger charge is -2.20. The zero-order valence-corrected chi connectivity index (χ0v) is 14.5. The molecule has 2 atom stereocenters. The van der Waals surface area contributed by atoms with E-state index in [0.29, 0.717) is 5.56 Å². The van der Waals surface area contributed by atoms with Crippen molar-refractivity contribution in [3.63, 3.8) is 0 Å². The van der Waals surface area contributed by atoms with E-state index >= 15 is 0 Å². The van der Waals surface area contributed by atoms with E-state index < -0.39 is 18.3 Å². The maximum Gasteiger partial charge on any atom is 0.407 e. The molecule has 0 fully saturated rings. The minimum absolute atomic E-state index is 0.181. The highest BCUT2D eigenvalue weighted by atomic mass is 35.5. The number of aliphatic hydroxyl groups is 2. The minimum Gasteiger partial charge on any atom is -0.445 e. The highest BCUT2D eigenvalue weighted by Crippen LogP contribution is 2.23. The zero-order valence-electron chi connectivity index (χ0n) is 13.8. The van der Waals surface area contributed by atoms with Gasteiger partial charge in [0, 0.05) is 12.4 Å². The molecule has 134 valence electrons. The molecular formula is C19H22ClNO4. The van der Waals surface area contributed by atoms with Gasteiger partial charge in [-0.2, -0.15) is 0 Å². The number of benzene rings is 2. The van der Waals surface area contributed by atoms with Crippen LogP contribution in [0.25, 0.3) is 0 Å². The summed E-state index contributed by atoms with van der Waals surface area (Å²) in [5, 5.41) is 23.0. The van der Waals surface area contributed by atoms with Crippen molar-refractivity contribution < 1.29 is 19.7 Å². The maximum absolute atomic E-state index is 11.6. The fourth-order valence-electron chi connectivity index (χ4n) is 2.41. The third kappa shape index (κ3) is 6.05. The molecule has 6 heteroatoms. The molecule has 5 nitrogen and oxygen atoms in total. The van der Waals surface area contributed by atoms with Crippen molar-refractivity contribution in [2.45, 2.75) is 31.1 Å². The summed E-state index contributed by atoms with van der Waals surface area (Å²) in [7, 11) is 0. The Labute approximate surface area is 152 Å². The zero-order chi connectivity index (χ0) is 18.1. The van der Waals surface area contributed by atoms with Crippen LogP contribution < -0.4 is 5.32 Å². The Morgan fingerprint density at radius 1 is 1.08 bits per heavy atom. The van der Waals surface area contributed by atoms with Crippen LogP contribution in [0.5, 0.6) is 0 Å². The Hall–Kier alpha value is -2.08. The van der Waals surface area contributed by atoms with Crippen molar-refractivity contribution in [3.8, 4) is 0 Å². The predicted molar refractivity (Wildman–Crippen MR) is 96.2 cm³/mol. The van der Waals surface area contributed by atoms with Gasteiger partial charge >= 0.3 is 6.09 Å². The van der Waals surface area contributed by atoms with Crippen molar-refractivity contribution in [2.24, 2.45) is 0 Å². The van der Waals surface area contributed by atoms with Gasteiger partial charge in [0.2, 0.25) is 0 Å². The number of rotatable bonds is 8. The van der Waals surface area contributed by atoms with Crippen LogP contribution in [0.3, 0.4) is 0 Å². The number of alkyl halides is 1. The molecule has 2 aromatic rings. The molecule has 0 aliphatic rings. The number of amides is 1. The van der Waals surface area contributed by atoms with E-state index in [4.69, 9.17) is 16.3 Å². The van der Waals surface area contributed by atoms with Crippen LogP contribution in [0.15, 0.2) is 54.6 Å². The second kappa shape index (κ2) is 10.0. The van der Waals surface area contributed by atoms with Crippen LogP contribution in [0, 0.1) is 0 Å². The summed E-state index contributed by atoms with van der Waals surface area (Å²) in [5.41, 5.74) is 2.26. The molecule has 25 heavy (non-hydrogen) atoms. The number of hydrogen-bond donors (Lipinski definition) is 3. The van der Waals surface area contributed by atoms with Crippen LogP contribution in [0.1, 0.15) is 29.2 Å². The maximum atomic E-state index is 11.6. The van der Waals surface area contributed by atoms with Gasteiger partial charge in [0.25, 0.3) is 0 Å². The summed E-state index contributed by atoms with van der Waals surface area (Å²) < 4.78 is 5.08. The number of nitrogens with one attached hydrogen (secondary N) is 1. The summed E-state index contributed by atoms with van der Waals surface area (Å²) >= 11 is 5.85. The molecule has 2 rings (SSSR count). The molecule has 0 saturated carbocycles.